The Kier molecular flexibility index (Phi) is 3.33. The Bertz CT molecular complexity index is 559. The van der Waals surface area contributed by atoms with Gasteiger partial charge < -0.3 is 16.2 Å². The highest BCUT2D eigenvalue weighted by molar-refractivity contribution is 5.83. The molecule has 0 aliphatic rings. The van der Waals surface area contributed by atoms with E-state index in [1.54, 1.807) is 0 Å². The van der Waals surface area contributed by atoms with E-state index in [1.807, 2.05) is 30.3 Å². The summed E-state index contributed by atoms with van der Waals surface area (Å²) in [5, 5.41) is 11.7. The van der Waals surface area contributed by atoms with Crippen LogP contribution in [0.5, 0.6) is 0 Å². The first-order valence-electron chi connectivity index (χ1n) is 5.18. The summed E-state index contributed by atoms with van der Waals surface area (Å²) in [4.78, 5) is 21.8. The molecule has 0 aliphatic heterocycles. The van der Waals surface area contributed by atoms with Crippen LogP contribution in [0.1, 0.15) is 16.2 Å². The molecular formula is C11H11N5O2. The lowest BCUT2D eigenvalue weighted by atomic mass is 10.2. The van der Waals surface area contributed by atoms with E-state index in [1.165, 1.54) is 0 Å². The summed E-state index contributed by atoms with van der Waals surface area (Å²) >= 11 is 0. The van der Waals surface area contributed by atoms with Gasteiger partial charge in [-0.1, -0.05) is 30.3 Å². The van der Waals surface area contributed by atoms with Crippen LogP contribution in [-0.2, 0) is 6.54 Å². The number of aromatic carboxylic acids is 1. The highest BCUT2D eigenvalue weighted by Crippen LogP contribution is 2.05. The number of anilines is 2. The SMILES string of the molecule is Nc1nc(NCc2ccccc2)nc(C(=O)O)n1. The molecule has 0 aliphatic carbocycles. The van der Waals surface area contributed by atoms with Gasteiger partial charge in [-0.25, -0.2) is 4.79 Å². The Morgan fingerprint density at radius 1 is 1.22 bits per heavy atom. The third-order valence-electron chi connectivity index (χ3n) is 2.14. The van der Waals surface area contributed by atoms with Gasteiger partial charge in [-0.3, -0.25) is 0 Å². The molecule has 0 atom stereocenters. The van der Waals surface area contributed by atoms with Crippen molar-refractivity contribution in [3.63, 3.8) is 0 Å². The van der Waals surface area contributed by atoms with Gasteiger partial charge in [0.05, 0.1) is 0 Å². The second kappa shape index (κ2) is 5.09. The normalized spacial score (nSPS) is 10.0. The van der Waals surface area contributed by atoms with Crippen molar-refractivity contribution in [2.75, 3.05) is 11.1 Å². The van der Waals surface area contributed by atoms with Gasteiger partial charge in [0.2, 0.25) is 17.7 Å². The first-order chi connectivity index (χ1) is 8.65. The Labute approximate surface area is 103 Å². The van der Waals surface area contributed by atoms with Gasteiger partial charge in [0.25, 0.3) is 0 Å². The first kappa shape index (κ1) is 11.8. The van der Waals surface area contributed by atoms with Gasteiger partial charge in [-0.15, -0.1) is 0 Å². The average molecular weight is 245 g/mol. The van der Waals surface area contributed by atoms with Gasteiger partial charge in [0.1, 0.15) is 0 Å². The summed E-state index contributed by atoms with van der Waals surface area (Å²) in [5.41, 5.74) is 6.42. The van der Waals surface area contributed by atoms with E-state index in [2.05, 4.69) is 20.3 Å². The van der Waals surface area contributed by atoms with E-state index >= 15 is 0 Å². The summed E-state index contributed by atoms with van der Waals surface area (Å²) in [6, 6.07) is 9.57. The third kappa shape index (κ3) is 2.91. The molecule has 92 valence electrons. The van der Waals surface area contributed by atoms with Crippen LogP contribution in [-0.4, -0.2) is 26.0 Å². The zero-order chi connectivity index (χ0) is 13.0. The molecule has 7 heteroatoms. The maximum absolute atomic E-state index is 10.7. The second-order valence-corrected chi connectivity index (χ2v) is 3.49. The van der Waals surface area contributed by atoms with E-state index < -0.39 is 5.97 Å². The number of aromatic nitrogens is 3. The van der Waals surface area contributed by atoms with Crippen LogP contribution in [0.4, 0.5) is 11.9 Å². The zero-order valence-corrected chi connectivity index (χ0v) is 9.37. The number of benzene rings is 1. The van der Waals surface area contributed by atoms with Crippen molar-refractivity contribution in [2.45, 2.75) is 6.54 Å². The van der Waals surface area contributed by atoms with Gasteiger partial charge >= 0.3 is 5.97 Å². The number of nitrogens with zero attached hydrogens (tertiary/aromatic N) is 3. The number of hydrogen-bond acceptors (Lipinski definition) is 6. The Balaban J connectivity index is 2.12. The summed E-state index contributed by atoms with van der Waals surface area (Å²) in [7, 11) is 0. The first-order valence-corrected chi connectivity index (χ1v) is 5.18. The molecule has 2 rings (SSSR count). The van der Waals surface area contributed by atoms with Crippen LogP contribution in [0.2, 0.25) is 0 Å². The molecule has 4 N–H and O–H groups in total. The molecule has 0 bridgehead atoms. The quantitative estimate of drug-likeness (QED) is 0.728. The van der Waals surface area contributed by atoms with Crippen molar-refractivity contribution in [3.8, 4) is 0 Å². The molecule has 0 unspecified atom stereocenters. The number of carboxylic acid groups (broad SMARTS) is 1. The topological polar surface area (TPSA) is 114 Å². The lowest BCUT2D eigenvalue weighted by Crippen LogP contribution is -2.12. The van der Waals surface area contributed by atoms with Crippen molar-refractivity contribution in [2.24, 2.45) is 0 Å². The van der Waals surface area contributed by atoms with Gasteiger partial charge in [0, 0.05) is 6.54 Å². The Hall–Kier alpha value is -2.70. The zero-order valence-electron chi connectivity index (χ0n) is 9.37. The molecule has 0 saturated heterocycles. The monoisotopic (exact) mass is 245 g/mol. The summed E-state index contributed by atoms with van der Waals surface area (Å²) in [5.74, 6) is -1.60. The van der Waals surface area contributed by atoms with E-state index in [-0.39, 0.29) is 17.7 Å². The fourth-order valence-corrected chi connectivity index (χ4v) is 1.34. The number of nitrogens with two attached hydrogens (primary N) is 1. The number of nitrogen functional groups attached to an aromatic ring is 1. The van der Waals surface area contributed by atoms with Crippen molar-refractivity contribution < 1.29 is 9.90 Å². The van der Waals surface area contributed by atoms with E-state index in [0.717, 1.165) is 5.56 Å². The molecular weight excluding hydrogens is 234 g/mol. The molecule has 18 heavy (non-hydrogen) atoms. The number of rotatable bonds is 4. The number of carbonyl (C=O) groups is 1. The maximum atomic E-state index is 10.7. The molecule has 1 aromatic heterocycles. The predicted octanol–water partition coefficient (Wildman–Crippen LogP) is 0.764. The number of carboxylic acids is 1. The smallest absolute Gasteiger partial charge is 0.374 e. The fourth-order valence-electron chi connectivity index (χ4n) is 1.34. The standard InChI is InChI=1S/C11H11N5O2/c12-10-14-8(9(17)18)15-11(16-10)13-6-7-4-2-1-3-5-7/h1-5H,6H2,(H,17,18)(H3,12,13,14,15,16). The molecule has 0 amide bonds. The molecule has 2 aromatic rings. The van der Waals surface area contributed by atoms with Crippen LogP contribution in [0.3, 0.4) is 0 Å². The molecule has 1 aromatic carbocycles. The van der Waals surface area contributed by atoms with Gasteiger partial charge in [0.15, 0.2) is 0 Å². The lowest BCUT2D eigenvalue weighted by molar-refractivity contribution is 0.0683. The summed E-state index contributed by atoms with van der Waals surface area (Å²) in [6.45, 7) is 0.476. The molecule has 1 heterocycles. The average Bonchev–Trinajstić information content (AvgIpc) is 2.37. The van der Waals surface area contributed by atoms with Gasteiger partial charge in [-0.05, 0) is 5.56 Å². The molecule has 0 radical (unpaired) electrons. The minimum atomic E-state index is -1.24. The van der Waals surface area contributed by atoms with E-state index in [9.17, 15) is 4.79 Å². The highest BCUT2D eigenvalue weighted by Gasteiger charge is 2.10. The minimum Gasteiger partial charge on any atom is -0.475 e. The van der Waals surface area contributed by atoms with Crippen molar-refractivity contribution >= 4 is 17.9 Å². The van der Waals surface area contributed by atoms with Crippen LogP contribution >= 0.6 is 0 Å². The molecule has 0 spiro atoms. The third-order valence-corrected chi connectivity index (χ3v) is 2.14. The Morgan fingerprint density at radius 3 is 2.61 bits per heavy atom. The van der Waals surface area contributed by atoms with Crippen molar-refractivity contribution in [3.05, 3.63) is 41.7 Å². The largest absolute Gasteiger partial charge is 0.475 e. The molecule has 0 saturated carbocycles. The maximum Gasteiger partial charge on any atom is 0.374 e. The van der Waals surface area contributed by atoms with Crippen LogP contribution in [0, 0.1) is 0 Å². The second-order valence-electron chi connectivity index (χ2n) is 3.49. The summed E-state index contributed by atoms with van der Waals surface area (Å²) in [6.07, 6.45) is 0. The fraction of sp³-hybridized carbons (Fsp3) is 0.0909. The Morgan fingerprint density at radius 2 is 1.94 bits per heavy atom. The summed E-state index contributed by atoms with van der Waals surface area (Å²) < 4.78 is 0. The number of hydrogen-bond donors (Lipinski definition) is 3. The van der Waals surface area contributed by atoms with Gasteiger partial charge in [-0.2, -0.15) is 15.0 Å². The van der Waals surface area contributed by atoms with Crippen LogP contribution < -0.4 is 11.1 Å². The van der Waals surface area contributed by atoms with Crippen molar-refractivity contribution in [1.82, 2.24) is 15.0 Å². The van der Waals surface area contributed by atoms with Crippen molar-refractivity contribution in [1.29, 1.82) is 0 Å². The van der Waals surface area contributed by atoms with E-state index in [4.69, 9.17) is 10.8 Å². The lowest BCUT2D eigenvalue weighted by Gasteiger charge is -2.05. The molecule has 7 nitrogen and oxygen atoms in total. The number of nitrogens with one attached hydrogen (secondary N) is 1. The van der Waals surface area contributed by atoms with E-state index in [0.29, 0.717) is 6.54 Å². The highest BCUT2D eigenvalue weighted by atomic mass is 16.4. The molecule has 0 fully saturated rings. The predicted molar refractivity (Wildman–Crippen MR) is 65.0 cm³/mol. The van der Waals surface area contributed by atoms with Crippen LogP contribution in [0.15, 0.2) is 30.3 Å². The van der Waals surface area contributed by atoms with Crippen LogP contribution in [0.25, 0.3) is 0 Å². The minimum absolute atomic E-state index is 0.127.